The van der Waals surface area contributed by atoms with Crippen LogP contribution in [0, 0.1) is 0 Å². The zero-order valence-electron chi connectivity index (χ0n) is 23.6. The Bertz CT molecular complexity index is 983. The van der Waals surface area contributed by atoms with Gasteiger partial charge in [-0.15, -0.1) is 5.06 Å². The first-order valence-corrected chi connectivity index (χ1v) is 13.1. The van der Waals surface area contributed by atoms with E-state index < -0.39 is 86.4 Å². The molecule has 0 saturated carbocycles. The van der Waals surface area contributed by atoms with Gasteiger partial charge >= 0.3 is 42.3 Å². The molecule has 22 heteroatoms. The molecule has 1 N–H and O–H groups in total. The fraction of sp³-hybridized carbons (Fsp3) is 0.727. The van der Waals surface area contributed by atoms with Gasteiger partial charge in [-0.05, 0) is 27.7 Å². The number of nitrogens with zero attached hydrogens (tertiary/aromatic N) is 3. The third kappa shape index (κ3) is 11.0. The van der Waals surface area contributed by atoms with Crippen molar-refractivity contribution in [1.82, 2.24) is 20.2 Å². The molecule has 1 fully saturated rings. The van der Waals surface area contributed by atoms with Crippen molar-refractivity contribution in [3.05, 3.63) is 0 Å². The number of alkyl halides is 8. The molecule has 0 aromatic rings. The Morgan fingerprint density at radius 3 is 1.43 bits per heavy atom. The van der Waals surface area contributed by atoms with Crippen molar-refractivity contribution in [2.75, 3.05) is 31.9 Å². The van der Waals surface area contributed by atoms with Gasteiger partial charge in [-0.3, -0.25) is 19.2 Å². The Kier molecular flexibility index (Phi) is 15.5. The molecule has 13 nitrogen and oxygen atoms in total. The predicted molar refractivity (Wildman–Crippen MR) is 132 cm³/mol. The van der Waals surface area contributed by atoms with Crippen molar-refractivity contribution >= 4 is 48.6 Å². The molecule has 0 aromatic carbocycles. The van der Waals surface area contributed by atoms with Crippen molar-refractivity contribution in [3.63, 3.8) is 0 Å². The number of hydrogen-bond acceptors (Lipinski definition) is 10. The molecule has 1 rings (SSSR count). The van der Waals surface area contributed by atoms with Crippen molar-refractivity contribution < 1.29 is 78.2 Å². The average molecular weight is 679 g/mol. The summed E-state index contributed by atoms with van der Waals surface area (Å²) in [7, 11) is 0. The molecule has 0 radical (unpaired) electrons. The maximum atomic E-state index is 13.6. The molecular weight excluding hydrogens is 648 g/mol. The minimum atomic E-state index is -6.38. The highest BCUT2D eigenvalue weighted by Gasteiger charge is 2.70. The number of ether oxygens (including phenoxy) is 2. The lowest BCUT2D eigenvalue weighted by Crippen LogP contribution is -2.57. The Morgan fingerprint density at radius 2 is 1.16 bits per heavy atom. The highest BCUT2D eigenvalue weighted by molar-refractivity contribution is 7.80. The Labute approximate surface area is 250 Å². The summed E-state index contributed by atoms with van der Waals surface area (Å²) < 4.78 is 113. The number of carbonyl (C=O) groups excluding carboxylic acids is 6. The van der Waals surface area contributed by atoms with Gasteiger partial charge < -0.3 is 24.7 Å². The summed E-state index contributed by atoms with van der Waals surface area (Å²) >= 11 is 3.81. The van der Waals surface area contributed by atoms with Crippen LogP contribution in [-0.2, 0) is 38.3 Å². The number of imide groups is 1. The predicted octanol–water partition coefficient (Wildman–Crippen LogP) is 2.40. The molecule has 1 atom stereocenters. The van der Waals surface area contributed by atoms with Crippen molar-refractivity contribution in [3.8, 4) is 0 Å². The maximum absolute atomic E-state index is 13.6. The van der Waals surface area contributed by atoms with Crippen molar-refractivity contribution in [1.29, 1.82) is 0 Å². The van der Waals surface area contributed by atoms with Crippen LogP contribution >= 0.6 is 12.6 Å². The van der Waals surface area contributed by atoms with E-state index in [1.807, 2.05) is 0 Å². The van der Waals surface area contributed by atoms with E-state index in [2.05, 4.69) is 32.3 Å². The summed E-state index contributed by atoms with van der Waals surface area (Å²) in [4.78, 5) is 71.5. The number of likely N-dealkylation sites (N-methyl/N-ethyl adjacent to an activating group) is 2. The van der Waals surface area contributed by atoms with Crippen LogP contribution in [-0.4, -0.2) is 113 Å². The molecule has 0 unspecified atom stereocenters. The molecule has 0 bridgehead atoms. The smallest absolute Gasteiger partial charge is 0.336 e. The number of rotatable bonds is 15. The SMILES string of the molecule is CCN(CC)C(=O)C(F)(F)OC(F)(F)C(F)(F)OC(F)(F)C(=O)N(CC)CC.O=C[C@@H](CS)NC(=O)ON1C(=O)CCC1=O. The normalized spacial score (nSPS) is 14.8. The van der Waals surface area contributed by atoms with E-state index in [4.69, 9.17) is 0 Å². The lowest BCUT2D eigenvalue weighted by atomic mass is 10.4. The Balaban J connectivity index is 0.000000971. The fourth-order valence-corrected chi connectivity index (χ4v) is 3.14. The van der Waals surface area contributed by atoms with Gasteiger partial charge in [-0.25, -0.2) is 14.3 Å². The van der Waals surface area contributed by atoms with Crippen LogP contribution in [0.5, 0.6) is 0 Å². The second-order valence-electron chi connectivity index (χ2n) is 8.26. The van der Waals surface area contributed by atoms with E-state index in [1.165, 1.54) is 27.7 Å². The van der Waals surface area contributed by atoms with Gasteiger partial charge in [0.25, 0.3) is 11.8 Å². The van der Waals surface area contributed by atoms with Crippen molar-refractivity contribution in [2.45, 2.75) is 71.0 Å². The fourth-order valence-electron chi connectivity index (χ4n) is 2.96. The maximum Gasteiger partial charge on any atom is 0.453 e. The minimum Gasteiger partial charge on any atom is -0.336 e. The number of amides is 5. The second kappa shape index (κ2) is 16.7. The third-order valence-corrected chi connectivity index (χ3v) is 5.69. The van der Waals surface area contributed by atoms with Gasteiger partial charge in [0.1, 0.15) is 6.29 Å². The van der Waals surface area contributed by atoms with Crippen LogP contribution in [0.4, 0.5) is 39.9 Å². The number of halogens is 8. The topological polar surface area (TPSA) is 152 Å². The molecule has 254 valence electrons. The first-order valence-electron chi connectivity index (χ1n) is 12.5. The summed E-state index contributed by atoms with van der Waals surface area (Å²) in [6.07, 6.45) is -24.2. The molecular formula is C22H30F8N4O9S. The molecule has 1 aliphatic rings. The van der Waals surface area contributed by atoms with E-state index in [-0.39, 0.29) is 28.4 Å². The number of thiol groups is 1. The van der Waals surface area contributed by atoms with Gasteiger partial charge in [-0.2, -0.15) is 47.8 Å². The summed E-state index contributed by atoms with van der Waals surface area (Å²) in [5.74, 6) is -5.83. The summed E-state index contributed by atoms with van der Waals surface area (Å²) in [6.45, 7) is 3.15. The van der Waals surface area contributed by atoms with E-state index in [9.17, 15) is 63.9 Å². The van der Waals surface area contributed by atoms with E-state index in [0.717, 1.165) is 0 Å². The van der Waals surface area contributed by atoms with Crippen molar-refractivity contribution in [2.24, 2.45) is 0 Å². The van der Waals surface area contributed by atoms with E-state index in [0.29, 0.717) is 11.3 Å². The first kappa shape index (κ1) is 40.7. The zero-order chi connectivity index (χ0) is 34.7. The van der Waals surface area contributed by atoms with Gasteiger partial charge in [-0.1, -0.05) is 0 Å². The van der Waals surface area contributed by atoms with Crippen LogP contribution in [0.25, 0.3) is 0 Å². The number of carbonyl (C=O) groups is 6. The minimum absolute atomic E-state index is 0.0236. The van der Waals surface area contributed by atoms with Crippen LogP contribution in [0.3, 0.4) is 0 Å². The van der Waals surface area contributed by atoms with Crippen LogP contribution in [0.2, 0.25) is 0 Å². The molecule has 5 amide bonds. The monoisotopic (exact) mass is 678 g/mol. The zero-order valence-corrected chi connectivity index (χ0v) is 24.5. The standard InChI is InChI=1S/C14H20F8N2O4.C8H10N2O5S/c1-5-23(6-2)9(25)11(15,16)27-13(19,20)14(21,22)28-12(17,18)10(26)24(7-3)8-4;11-3-5(4-16)9-8(14)15-10-6(12)1-2-7(10)13/h5-8H2,1-4H3;3,5,16H,1-2,4H2,(H,9,14)/t;5-/m.0/s1. The Morgan fingerprint density at radius 1 is 0.818 bits per heavy atom. The van der Waals surface area contributed by atoms with E-state index >= 15 is 0 Å². The molecule has 1 heterocycles. The largest absolute Gasteiger partial charge is 0.453 e. The third-order valence-electron chi connectivity index (χ3n) is 5.29. The quantitative estimate of drug-likeness (QED) is 0.115. The molecule has 1 saturated heterocycles. The molecule has 44 heavy (non-hydrogen) atoms. The number of hydroxylamine groups is 2. The molecule has 0 aliphatic carbocycles. The highest BCUT2D eigenvalue weighted by atomic mass is 32.1. The van der Waals surface area contributed by atoms with Gasteiger partial charge in [0.15, 0.2) is 0 Å². The Hall–Kier alpha value is -3.27. The van der Waals surface area contributed by atoms with Crippen LogP contribution in [0.1, 0.15) is 40.5 Å². The second-order valence-corrected chi connectivity index (χ2v) is 8.62. The first-order chi connectivity index (χ1) is 20.1. The molecule has 1 aliphatic heterocycles. The lowest BCUT2D eigenvalue weighted by Gasteiger charge is -2.32. The summed E-state index contributed by atoms with van der Waals surface area (Å²) in [5.41, 5.74) is 0. The number of aldehydes is 1. The lowest BCUT2D eigenvalue weighted by molar-refractivity contribution is -0.500. The summed E-state index contributed by atoms with van der Waals surface area (Å²) in [6, 6.07) is -0.816. The van der Waals surface area contributed by atoms with Gasteiger partial charge in [0, 0.05) is 44.8 Å². The van der Waals surface area contributed by atoms with Crippen LogP contribution < -0.4 is 5.32 Å². The molecule has 0 aromatic heterocycles. The van der Waals surface area contributed by atoms with E-state index in [1.54, 1.807) is 0 Å². The van der Waals surface area contributed by atoms with Gasteiger partial charge in [0.2, 0.25) is 0 Å². The number of hydrogen-bond donors (Lipinski definition) is 2. The number of nitrogens with one attached hydrogen (secondary N) is 1. The highest BCUT2D eigenvalue weighted by Crippen LogP contribution is 2.44. The van der Waals surface area contributed by atoms with Crippen LogP contribution in [0.15, 0.2) is 0 Å². The van der Waals surface area contributed by atoms with Gasteiger partial charge in [0.05, 0.1) is 6.04 Å². The average Bonchev–Trinajstić information content (AvgIpc) is 3.24. The summed E-state index contributed by atoms with van der Waals surface area (Å²) in [5, 5.41) is 2.53. The molecule has 0 spiro atoms.